The van der Waals surface area contributed by atoms with Crippen molar-refractivity contribution in [3.8, 4) is 5.75 Å². The molecule has 0 saturated carbocycles. The molecule has 4 aromatic rings. The minimum Gasteiger partial charge on any atom is -0.488 e. The maximum atomic E-state index is 14.9. The number of ether oxygens (including phenoxy) is 3. The number of carbonyl (C=O) groups is 2. The molecule has 3 fully saturated rings. The highest BCUT2D eigenvalue weighted by Gasteiger charge is 2.53. The van der Waals surface area contributed by atoms with Crippen molar-refractivity contribution < 1.29 is 45.6 Å². The quantitative estimate of drug-likeness (QED) is 0.175. The molecule has 18 heteroatoms. The number of halogens is 2. The molecule has 3 aliphatic rings. The third kappa shape index (κ3) is 7.26. The van der Waals surface area contributed by atoms with Gasteiger partial charge in [0.05, 0.1) is 13.2 Å². The monoisotopic (exact) mass is 753 g/mol. The van der Waals surface area contributed by atoms with E-state index < -0.39 is 57.0 Å². The number of rotatable bonds is 11. The van der Waals surface area contributed by atoms with E-state index in [1.165, 1.54) is 29.5 Å². The van der Waals surface area contributed by atoms with Gasteiger partial charge >= 0.3 is 6.03 Å². The molecule has 1 aromatic heterocycles. The van der Waals surface area contributed by atoms with Crippen molar-refractivity contribution in [2.24, 2.45) is 0 Å². The molecule has 3 atom stereocenters. The fourth-order valence-electron chi connectivity index (χ4n) is 6.86. The van der Waals surface area contributed by atoms with E-state index in [0.717, 1.165) is 27.2 Å². The van der Waals surface area contributed by atoms with Gasteiger partial charge in [0.25, 0.3) is 16.0 Å². The molecule has 3 saturated heterocycles. The van der Waals surface area contributed by atoms with Crippen molar-refractivity contribution in [1.29, 1.82) is 0 Å². The summed E-state index contributed by atoms with van der Waals surface area (Å²) in [6, 6.07) is 16.1. The number of carbonyl (C=O) groups excluding carboxylic acids is 2. The Bertz CT molecular complexity index is 2060. The van der Waals surface area contributed by atoms with Crippen LogP contribution >= 0.6 is 0 Å². The number of hydrogen-bond acceptors (Lipinski definition) is 11. The van der Waals surface area contributed by atoms with Crippen LogP contribution in [-0.4, -0.2) is 102 Å². The summed E-state index contributed by atoms with van der Waals surface area (Å²) in [4.78, 5) is 35.7. The standard InChI is InChI=1S/C35H37F2N7O8S/c1-23(2)43-32(45)33(53(47,48)49)44(34(43)46)27-6-4-25(5-7-27)40-13-15-41(16-14-40)26-8-10-28(11-9-26)50-18-31-51-20-35(52-31,19-42-22-38-21-39-42)29-12-3-24(36)17-30(29)37/h3-12,17,21-23,31,33H,13-16,18-20H2,1-2H3,(H,47,48,49)/t31-,33?,35+/m0/s1. The number of aromatic nitrogens is 3. The van der Waals surface area contributed by atoms with Gasteiger partial charge in [-0.25, -0.2) is 23.2 Å². The topological polar surface area (TPSA) is 160 Å². The number of hydrogen-bond donors (Lipinski definition) is 1. The molecule has 3 aliphatic heterocycles. The summed E-state index contributed by atoms with van der Waals surface area (Å²) >= 11 is 0. The maximum Gasteiger partial charge on any atom is 0.333 e. The Morgan fingerprint density at radius 2 is 1.57 bits per heavy atom. The van der Waals surface area contributed by atoms with Crippen LogP contribution in [0.15, 0.2) is 79.4 Å². The molecule has 15 nitrogen and oxygen atoms in total. The lowest BCUT2D eigenvalue weighted by Gasteiger charge is -2.37. The van der Waals surface area contributed by atoms with E-state index in [9.17, 15) is 31.3 Å². The molecule has 0 bridgehead atoms. The smallest absolute Gasteiger partial charge is 0.333 e. The predicted molar refractivity (Wildman–Crippen MR) is 187 cm³/mol. The number of urea groups is 1. The number of anilines is 3. The van der Waals surface area contributed by atoms with Crippen LogP contribution in [0.1, 0.15) is 19.4 Å². The van der Waals surface area contributed by atoms with E-state index in [4.69, 9.17) is 14.2 Å². The van der Waals surface area contributed by atoms with Crippen LogP contribution in [0.5, 0.6) is 5.75 Å². The Labute approximate surface area is 304 Å². The highest BCUT2D eigenvalue weighted by molar-refractivity contribution is 7.87. The van der Waals surface area contributed by atoms with Crippen LogP contribution in [0.25, 0.3) is 0 Å². The van der Waals surface area contributed by atoms with Crippen molar-refractivity contribution in [3.05, 3.63) is 96.6 Å². The second kappa shape index (κ2) is 14.3. The molecule has 3 amide bonds. The van der Waals surface area contributed by atoms with E-state index in [-0.39, 0.29) is 31.0 Å². The largest absolute Gasteiger partial charge is 0.488 e. The average Bonchev–Trinajstić information content (AvgIpc) is 3.86. The summed E-state index contributed by atoms with van der Waals surface area (Å²) in [5.74, 6) is -1.87. The Balaban J connectivity index is 0.938. The minimum atomic E-state index is -4.89. The summed E-state index contributed by atoms with van der Waals surface area (Å²) in [6.45, 7) is 6.03. The molecule has 7 rings (SSSR count). The average molecular weight is 754 g/mol. The molecule has 0 spiro atoms. The van der Waals surface area contributed by atoms with E-state index in [2.05, 4.69) is 19.9 Å². The molecular formula is C35H37F2N7O8S. The van der Waals surface area contributed by atoms with Crippen molar-refractivity contribution in [1.82, 2.24) is 19.7 Å². The lowest BCUT2D eigenvalue weighted by atomic mass is 9.94. The Morgan fingerprint density at radius 3 is 2.13 bits per heavy atom. The SMILES string of the molecule is CC(C)N1C(=O)C(S(=O)(=O)O)N(c2ccc(N3CCN(c4ccc(OC[C@H]5OC[C@](Cn6cncn6)(c6ccc(F)cc6F)O5)cc4)CC3)cc2)C1=O. The number of benzene rings is 3. The predicted octanol–water partition coefficient (Wildman–Crippen LogP) is 3.62. The van der Waals surface area contributed by atoms with Gasteiger partial charge in [-0.15, -0.1) is 0 Å². The van der Waals surface area contributed by atoms with Gasteiger partial charge in [-0.3, -0.25) is 19.1 Å². The summed E-state index contributed by atoms with van der Waals surface area (Å²) in [7, 11) is -4.89. The van der Waals surface area contributed by atoms with Crippen LogP contribution in [-0.2, 0) is 36.5 Å². The van der Waals surface area contributed by atoms with Crippen LogP contribution in [0.3, 0.4) is 0 Å². The lowest BCUT2D eigenvalue weighted by Crippen LogP contribution is -2.46. The number of amides is 3. The van der Waals surface area contributed by atoms with Crippen molar-refractivity contribution in [2.45, 2.75) is 43.7 Å². The third-order valence-electron chi connectivity index (χ3n) is 9.42. The second-order valence-corrected chi connectivity index (χ2v) is 14.7. The molecular weight excluding hydrogens is 716 g/mol. The normalized spacial score (nSPS) is 22.4. The maximum absolute atomic E-state index is 14.9. The molecule has 0 radical (unpaired) electrons. The van der Waals surface area contributed by atoms with Gasteiger partial charge in [0.15, 0.2) is 6.29 Å². The number of imide groups is 1. The first-order valence-electron chi connectivity index (χ1n) is 16.9. The number of piperazine rings is 1. The molecule has 1 N–H and O–H groups in total. The third-order valence-corrected chi connectivity index (χ3v) is 10.4. The van der Waals surface area contributed by atoms with Gasteiger partial charge < -0.3 is 24.0 Å². The van der Waals surface area contributed by atoms with Crippen LogP contribution < -0.4 is 19.4 Å². The summed E-state index contributed by atoms with van der Waals surface area (Å²) in [6.07, 6.45) is 2.00. The van der Waals surface area contributed by atoms with Gasteiger partial charge in [-0.1, -0.05) is 6.07 Å². The van der Waals surface area contributed by atoms with Crippen LogP contribution in [0.4, 0.5) is 30.6 Å². The fraction of sp³-hybridized carbons (Fsp3) is 0.371. The zero-order valence-electron chi connectivity index (χ0n) is 28.8. The first-order valence-corrected chi connectivity index (χ1v) is 18.4. The molecule has 53 heavy (non-hydrogen) atoms. The first kappa shape index (κ1) is 36.2. The van der Waals surface area contributed by atoms with Gasteiger partial charge in [0.2, 0.25) is 5.37 Å². The Hall–Kier alpha value is -5.17. The van der Waals surface area contributed by atoms with Crippen molar-refractivity contribution in [3.63, 3.8) is 0 Å². The summed E-state index contributed by atoms with van der Waals surface area (Å²) < 4.78 is 82.1. The second-order valence-electron chi connectivity index (χ2n) is 13.2. The Kier molecular flexibility index (Phi) is 9.79. The molecule has 280 valence electrons. The minimum absolute atomic E-state index is 0.0107. The summed E-state index contributed by atoms with van der Waals surface area (Å²) in [5.41, 5.74) is 0.882. The molecule has 3 aromatic carbocycles. The van der Waals surface area contributed by atoms with Crippen molar-refractivity contribution >= 4 is 39.1 Å². The number of nitrogens with zero attached hydrogens (tertiary/aromatic N) is 7. The molecule has 0 aliphatic carbocycles. The van der Waals surface area contributed by atoms with E-state index in [1.54, 1.807) is 38.1 Å². The fourth-order valence-corrected chi connectivity index (χ4v) is 7.71. The Morgan fingerprint density at radius 1 is 0.943 bits per heavy atom. The van der Waals surface area contributed by atoms with Crippen LogP contribution in [0, 0.1) is 11.6 Å². The van der Waals surface area contributed by atoms with Gasteiger partial charge in [0.1, 0.15) is 42.2 Å². The molecule has 4 heterocycles. The zero-order valence-corrected chi connectivity index (χ0v) is 29.6. The summed E-state index contributed by atoms with van der Waals surface area (Å²) in [5, 5.41) is 2.07. The van der Waals surface area contributed by atoms with Crippen LogP contribution in [0.2, 0.25) is 0 Å². The highest BCUT2D eigenvalue weighted by Crippen LogP contribution is 2.38. The van der Waals surface area contributed by atoms with Gasteiger partial charge in [-0.2, -0.15) is 13.5 Å². The highest BCUT2D eigenvalue weighted by atomic mass is 32.2. The van der Waals surface area contributed by atoms with E-state index in [1.807, 2.05) is 24.3 Å². The molecule has 1 unspecified atom stereocenters. The first-order chi connectivity index (χ1) is 25.3. The zero-order chi connectivity index (χ0) is 37.5. The van der Waals surface area contributed by atoms with Crippen molar-refractivity contribution in [2.75, 3.05) is 54.1 Å². The van der Waals surface area contributed by atoms with E-state index in [0.29, 0.717) is 31.9 Å². The van der Waals surface area contributed by atoms with E-state index >= 15 is 0 Å². The van der Waals surface area contributed by atoms with Gasteiger partial charge in [0, 0.05) is 60.9 Å². The van der Waals surface area contributed by atoms with Gasteiger partial charge in [-0.05, 0) is 68.4 Å². The lowest BCUT2D eigenvalue weighted by molar-refractivity contribution is -0.126.